The van der Waals surface area contributed by atoms with Crippen molar-refractivity contribution < 1.29 is 13.6 Å². The first-order valence-electron chi connectivity index (χ1n) is 7.73. The highest BCUT2D eigenvalue weighted by molar-refractivity contribution is 6.08. The van der Waals surface area contributed by atoms with Crippen molar-refractivity contribution in [3.8, 4) is 0 Å². The molecule has 0 unspecified atom stereocenters. The summed E-state index contributed by atoms with van der Waals surface area (Å²) in [4.78, 5) is 12.5. The first-order chi connectivity index (χ1) is 11.6. The molecule has 0 saturated heterocycles. The van der Waals surface area contributed by atoms with Gasteiger partial charge in [-0.25, -0.2) is 8.78 Å². The third-order valence-corrected chi connectivity index (χ3v) is 4.18. The van der Waals surface area contributed by atoms with Crippen LogP contribution in [0.2, 0.25) is 0 Å². The van der Waals surface area contributed by atoms with Gasteiger partial charge in [-0.1, -0.05) is 12.1 Å². The molecule has 2 aromatic heterocycles. The zero-order valence-electron chi connectivity index (χ0n) is 12.7. The molecule has 1 aliphatic heterocycles. The van der Waals surface area contributed by atoms with Crippen molar-refractivity contribution in [1.82, 2.24) is 19.6 Å². The van der Waals surface area contributed by atoms with Crippen molar-refractivity contribution in [2.24, 2.45) is 0 Å². The number of carbonyl (C=O) groups is 1. The number of para-hydroxylation sites is 1. The lowest BCUT2D eigenvalue weighted by atomic mass is 10.2. The van der Waals surface area contributed by atoms with Gasteiger partial charge in [0, 0.05) is 11.9 Å². The average molecular weight is 331 g/mol. The maximum absolute atomic E-state index is 12.7. The van der Waals surface area contributed by atoms with Crippen LogP contribution in [0, 0.1) is 0 Å². The first kappa shape index (κ1) is 14.8. The van der Waals surface area contributed by atoms with Crippen LogP contribution in [0.25, 0.3) is 10.9 Å². The number of nitrogens with one attached hydrogen (secondary N) is 1. The van der Waals surface area contributed by atoms with E-state index in [0.29, 0.717) is 16.5 Å². The van der Waals surface area contributed by atoms with Crippen LogP contribution < -0.4 is 5.32 Å². The Morgan fingerprint density at radius 3 is 3.00 bits per heavy atom. The molecule has 0 aliphatic carbocycles. The molecular weight excluding hydrogens is 316 g/mol. The summed E-state index contributed by atoms with van der Waals surface area (Å²) < 4.78 is 28.5. The molecule has 0 atom stereocenters. The van der Waals surface area contributed by atoms with E-state index < -0.39 is 13.0 Å². The number of halogens is 2. The molecule has 3 aromatic rings. The van der Waals surface area contributed by atoms with E-state index in [0.717, 1.165) is 25.1 Å². The molecule has 4 rings (SSSR count). The summed E-state index contributed by atoms with van der Waals surface area (Å²) in [6.07, 6.45) is 0.803. The largest absolute Gasteiger partial charge is 0.304 e. The van der Waals surface area contributed by atoms with Crippen molar-refractivity contribution in [2.75, 3.05) is 5.32 Å². The van der Waals surface area contributed by atoms with Crippen LogP contribution in [0.4, 0.5) is 14.6 Å². The van der Waals surface area contributed by atoms with Crippen molar-refractivity contribution >= 4 is 22.6 Å². The number of hydrogen-bond donors (Lipinski definition) is 1. The van der Waals surface area contributed by atoms with Gasteiger partial charge in [0.05, 0.1) is 23.0 Å². The maximum atomic E-state index is 12.7. The molecule has 24 heavy (non-hydrogen) atoms. The summed E-state index contributed by atoms with van der Waals surface area (Å²) in [5.41, 5.74) is 1.98. The molecule has 124 valence electrons. The molecule has 0 spiro atoms. The quantitative estimate of drug-likeness (QED) is 0.799. The third-order valence-electron chi connectivity index (χ3n) is 4.18. The fraction of sp³-hybridized carbons (Fsp3) is 0.312. The van der Waals surface area contributed by atoms with Crippen LogP contribution in [0.15, 0.2) is 30.5 Å². The average Bonchev–Trinajstić information content (AvgIpc) is 3.22. The highest BCUT2D eigenvalue weighted by Crippen LogP contribution is 2.25. The minimum atomic E-state index is -2.52. The molecule has 0 saturated carbocycles. The van der Waals surface area contributed by atoms with Crippen LogP contribution in [0.5, 0.6) is 0 Å². The Kier molecular flexibility index (Phi) is 3.51. The number of aryl methyl sites for hydroxylation is 1. The number of amides is 1. The molecule has 1 aliphatic rings. The van der Waals surface area contributed by atoms with E-state index in [9.17, 15) is 13.6 Å². The molecule has 1 amide bonds. The van der Waals surface area contributed by atoms with Crippen LogP contribution in [-0.4, -0.2) is 31.9 Å². The summed E-state index contributed by atoms with van der Waals surface area (Å²) in [7, 11) is 0. The fourth-order valence-corrected chi connectivity index (χ4v) is 3.12. The van der Waals surface area contributed by atoms with Crippen LogP contribution in [-0.2, 0) is 19.5 Å². The molecule has 0 fully saturated rings. The van der Waals surface area contributed by atoms with Gasteiger partial charge in [-0.05, 0) is 25.0 Å². The van der Waals surface area contributed by atoms with Crippen molar-refractivity contribution in [2.45, 2.75) is 32.4 Å². The van der Waals surface area contributed by atoms with E-state index in [2.05, 4.69) is 15.5 Å². The van der Waals surface area contributed by atoms with Crippen molar-refractivity contribution in [1.29, 1.82) is 0 Å². The number of nitrogens with zero attached hydrogens (tertiary/aromatic N) is 4. The highest BCUT2D eigenvalue weighted by Gasteiger charge is 2.22. The molecule has 3 heterocycles. The fourth-order valence-electron chi connectivity index (χ4n) is 3.12. The van der Waals surface area contributed by atoms with E-state index in [1.807, 2.05) is 4.68 Å². The summed E-state index contributed by atoms with van der Waals surface area (Å²) >= 11 is 0. The summed E-state index contributed by atoms with van der Waals surface area (Å²) in [5, 5.41) is 11.7. The van der Waals surface area contributed by atoms with E-state index in [1.165, 1.54) is 4.68 Å². The Hall–Kier alpha value is -2.77. The zero-order chi connectivity index (χ0) is 16.7. The zero-order valence-corrected chi connectivity index (χ0v) is 12.7. The standard InChI is InChI=1S/C16H15F2N5O/c17-14(18)9-23-12-5-2-1-4-10(12)15(21-23)20-16(24)11-8-19-22-7-3-6-13(11)22/h1-2,4-5,8,14H,3,6-7,9H2,(H,20,21,24). The van der Waals surface area contributed by atoms with Gasteiger partial charge in [0.2, 0.25) is 0 Å². The van der Waals surface area contributed by atoms with Crippen molar-refractivity contribution in [3.05, 3.63) is 41.7 Å². The van der Waals surface area contributed by atoms with Crippen molar-refractivity contribution in [3.63, 3.8) is 0 Å². The normalized spacial score (nSPS) is 13.6. The second-order valence-corrected chi connectivity index (χ2v) is 5.72. The van der Waals surface area contributed by atoms with E-state index in [4.69, 9.17) is 0 Å². The summed E-state index contributed by atoms with van der Waals surface area (Å²) in [6, 6.07) is 6.99. The van der Waals surface area contributed by atoms with Gasteiger partial charge < -0.3 is 5.32 Å². The number of alkyl halides is 2. The summed E-state index contributed by atoms with van der Waals surface area (Å²) in [5.74, 6) is -0.0280. The van der Waals surface area contributed by atoms with Gasteiger partial charge >= 0.3 is 0 Å². The third kappa shape index (κ3) is 2.44. The van der Waals surface area contributed by atoms with Crippen LogP contribution in [0.3, 0.4) is 0 Å². The van der Waals surface area contributed by atoms with Gasteiger partial charge in [0.1, 0.15) is 6.54 Å². The lowest BCUT2D eigenvalue weighted by molar-refractivity contribution is 0.102. The Morgan fingerprint density at radius 1 is 1.33 bits per heavy atom. The maximum Gasteiger partial charge on any atom is 0.260 e. The van der Waals surface area contributed by atoms with Gasteiger partial charge in [-0.3, -0.25) is 14.2 Å². The smallest absolute Gasteiger partial charge is 0.260 e. The van der Waals surface area contributed by atoms with Gasteiger partial charge in [0.15, 0.2) is 5.82 Å². The minimum Gasteiger partial charge on any atom is -0.304 e. The van der Waals surface area contributed by atoms with Crippen LogP contribution in [0.1, 0.15) is 22.5 Å². The number of hydrogen-bond acceptors (Lipinski definition) is 3. The molecule has 1 N–H and O–H groups in total. The highest BCUT2D eigenvalue weighted by atomic mass is 19.3. The Morgan fingerprint density at radius 2 is 2.17 bits per heavy atom. The topological polar surface area (TPSA) is 64.7 Å². The second kappa shape index (κ2) is 5.70. The predicted molar refractivity (Wildman–Crippen MR) is 84.2 cm³/mol. The first-order valence-corrected chi connectivity index (χ1v) is 7.73. The lowest BCUT2D eigenvalue weighted by Crippen LogP contribution is -2.14. The molecule has 0 radical (unpaired) electrons. The number of fused-ring (bicyclic) bond motifs is 2. The SMILES string of the molecule is O=C(Nc1nn(CC(F)F)c2ccccc12)c1cnn2c1CCC2. The van der Waals surface area contributed by atoms with Gasteiger partial charge in [-0.2, -0.15) is 10.2 Å². The number of anilines is 1. The number of rotatable bonds is 4. The monoisotopic (exact) mass is 331 g/mol. The minimum absolute atomic E-state index is 0.286. The van der Waals surface area contributed by atoms with Gasteiger partial charge in [0.25, 0.3) is 12.3 Å². The molecular formula is C16H15F2N5O. The molecule has 8 heteroatoms. The molecule has 0 bridgehead atoms. The number of benzene rings is 1. The summed E-state index contributed by atoms with van der Waals surface area (Å²) in [6.45, 7) is 0.300. The van der Waals surface area contributed by atoms with E-state index in [1.54, 1.807) is 30.5 Å². The Balaban J connectivity index is 1.68. The van der Waals surface area contributed by atoms with Crippen LogP contribution >= 0.6 is 0 Å². The number of aromatic nitrogens is 4. The lowest BCUT2D eigenvalue weighted by Gasteiger charge is -2.02. The van der Waals surface area contributed by atoms with Gasteiger partial charge in [-0.15, -0.1) is 0 Å². The Bertz CT molecular complexity index is 914. The van der Waals surface area contributed by atoms with E-state index >= 15 is 0 Å². The second-order valence-electron chi connectivity index (χ2n) is 5.72. The number of carbonyl (C=O) groups excluding carboxylic acids is 1. The predicted octanol–water partition coefficient (Wildman–Crippen LogP) is 2.70. The van der Waals surface area contributed by atoms with E-state index in [-0.39, 0.29) is 11.7 Å². The Labute approximate surface area is 136 Å². The molecule has 1 aromatic carbocycles. The molecule has 6 nitrogen and oxygen atoms in total.